The monoisotopic (exact) mass is 272 g/mol. The molecule has 0 spiro atoms. The van der Waals surface area contributed by atoms with Crippen LogP contribution in [0.25, 0.3) is 0 Å². The second kappa shape index (κ2) is 4.71. The van der Waals surface area contributed by atoms with Gasteiger partial charge in [-0.1, -0.05) is 11.6 Å². The van der Waals surface area contributed by atoms with Crippen molar-refractivity contribution < 1.29 is 26.7 Å². The van der Waals surface area contributed by atoms with E-state index in [2.05, 4.69) is 9.72 Å². The van der Waals surface area contributed by atoms with Crippen LogP contribution < -0.4 is 4.74 Å². The van der Waals surface area contributed by atoms with Crippen LogP contribution in [0.3, 0.4) is 0 Å². The minimum atomic E-state index is -5.05. The number of hydrogen-bond donors (Lipinski definition) is 0. The lowest BCUT2D eigenvalue weighted by Crippen LogP contribution is -2.18. The van der Waals surface area contributed by atoms with Crippen molar-refractivity contribution in [2.24, 2.45) is 0 Å². The van der Waals surface area contributed by atoms with E-state index >= 15 is 0 Å². The molecular weight excluding hydrogens is 271 g/mol. The third kappa shape index (κ3) is 3.17. The minimum absolute atomic E-state index is 0.387. The molecular formula is C8H2ClF5N2O. The van der Waals surface area contributed by atoms with Crippen molar-refractivity contribution in [3.63, 3.8) is 0 Å². The zero-order chi connectivity index (χ0) is 13.2. The van der Waals surface area contributed by atoms with Crippen molar-refractivity contribution in [3.8, 4) is 11.8 Å². The summed E-state index contributed by atoms with van der Waals surface area (Å²) in [6, 6.07) is 1.25. The molecule has 9 heteroatoms. The number of nitriles is 1. The highest BCUT2D eigenvalue weighted by Gasteiger charge is 2.33. The summed E-state index contributed by atoms with van der Waals surface area (Å²) < 4.78 is 63.7. The number of nitrogens with zero attached hydrogens (tertiary/aromatic N) is 2. The molecule has 0 saturated heterocycles. The van der Waals surface area contributed by atoms with E-state index < -0.39 is 34.8 Å². The van der Waals surface area contributed by atoms with Gasteiger partial charge in [-0.2, -0.15) is 5.26 Å². The van der Waals surface area contributed by atoms with Crippen molar-refractivity contribution in [1.29, 1.82) is 5.26 Å². The van der Waals surface area contributed by atoms with Crippen molar-refractivity contribution >= 4 is 11.6 Å². The maximum Gasteiger partial charge on any atom is 0.573 e. The van der Waals surface area contributed by atoms with Gasteiger partial charge >= 0.3 is 6.36 Å². The molecule has 1 aromatic rings. The summed E-state index contributed by atoms with van der Waals surface area (Å²) in [5.41, 5.74) is -1.84. The Labute approximate surface area is 96.4 Å². The first-order valence-corrected chi connectivity index (χ1v) is 4.26. The molecule has 17 heavy (non-hydrogen) atoms. The molecule has 1 aromatic heterocycles. The largest absolute Gasteiger partial charge is 0.573 e. The van der Waals surface area contributed by atoms with E-state index in [4.69, 9.17) is 16.9 Å². The number of hydrogen-bond acceptors (Lipinski definition) is 3. The summed E-state index contributed by atoms with van der Waals surface area (Å²) in [7, 11) is 0. The van der Waals surface area contributed by atoms with E-state index in [-0.39, 0.29) is 0 Å². The average Bonchev–Trinajstić information content (AvgIpc) is 2.18. The Morgan fingerprint density at radius 1 is 1.41 bits per heavy atom. The van der Waals surface area contributed by atoms with E-state index in [0.717, 1.165) is 0 Å². The molecule has 0 fully saturated rings. The fourth-order valence-electron chi connectivity index (χ4n) is 0.953. The zero-order valence-electron chi connectivity index (χ0n) is 7.73. The molecule has 1 rings (SSSR count). The van der Waals surface area contributed by atoms with E-state index in [1.807, 2.05) is 0 Å². The molecule has 0 saturated carbocycles. The molecule has 1 heterocycles. The average molecular weight is 273 g/mol. The third-order valence-corrected chi connectivity index (χ3v) is 1.93. The lowest BCUT2D eigenvalue weighted by Gasteiger charge is -2.11. The molecule has 0 amide bonds. The molecule has 0 aliphatic rings. The first kappa shape index (κ1) is 13.4. The van der Waals surface area contributed by atoms with Gasteiger partial charge < -0.3 is 4.74 Å². The summed E-state index contributed by atoms with van der Waals surface area (Å²) in [6.07, 6.45) is -7.79. The molecule has 0 aliphatic heterocycles. The van der Waals surface area contributed by atoms with Crippen molar-refractivity contribution in [2.75, 3.05) is 0 Å². The van der Waals surface area contributed by atoms with Gasteiger partial charge in [0.1, 0.15) is 22.3 Å². The molecule has 0 radical (unpaired) electrons. The molecule has 0 N–H and O–H groups in total. The number of halogens is 6. The predicted octanol–water partition coefficient (Wildman–Crippen LogP) is 3.44. The first-order chi connectivity index (χ1) is 7.76. The van der Waals surface area contributed by atoms with Crippen molar-refractivity contribution in [3.05, 3.63) is 22.5 Å². The SMILES string of the molecule is N#Cc1c(C(F)F)ncc(OC(F)(F)F)c1Cl. The van der Waals surface area contributed by atoms with Crippen LogP contribution in [0.4, 0.5) is 22.0 Å². The molecule has 0 aliphatic carbocycles. The highest BCUT2D eigenvalue weighted by atomic mass is 35.5. The molecule has 0 atom stereocenters. The van der Waals surface area contributed by atoms with Gasteiger partial charge in [0.25, 0.3) is 6.43 Å². The molecule has 0 bridgehead atoms. The van der Waals surface area contributed by atoms with Crippen LogP contribution in [0.1, 0.15) is 17.7 Å². The second-order valence-electron chi connectivity index (χ2n) is 2.66. The highest BCUT2D eigenvalue weighted by Crippen LogP contribution is 2.35. The summed E-state index contributed by atoms with van der Waals surface area (Å²) >= 11 is 5.34. The third-order valence-electron chi connectivity index (χ3n) is 1.56. The minimum Gasteiger partial charge on any atom is -0.402 e. The summed E-state index contributed by atoms with van der Waals surface area (Å²) in [5, 5.41) is 7.67. The van der Waals surface area contributed by atoms with Crippen LogP contribution >= 0.6 is 11.6 Å². The lowest BCUT2D eigenvalue weighted by molar-refractivity contribution is -0.274. The number of pyridine rings is 1. The van der Waals surface area contributed by atoms with E-state index in [0.29, 0.717) is 6.20 Å². The van der Waals surface area contributed by atoms with E-state index in [9.17, 15) is 22.0 Å². The van der Waals surface area contributed by atoms with Gasteiger partial charge in [0, 0.05) is 0 Å². The van der Waals surface area contributed by atoms with Gasteiger partial charge in [-0.15, -0.1) is 13.2 Å². The lowest BCUT2D eigenvalue weighted by atomic mass is 10.2. The molecule has 0 aromatic carbocycles. The topological polar surface area (TPSA) is 45.9 Å². The normalized spacial score (nSPS) is 11.4. The van der Waals surface area contributed by atoms with Crippen LogP contribution in [0.2, 0.25) is 5.02 Å². The Hall–Kier alpha value is -1.62. The fourth-order valence-corrected chi connectivity index (χ4v) is 1.18. The van der Waals surface area contributed by atoms with Gasteiger partial charge in [0.15, 0.2) is 5.75 Å². The fraction of sp³-hybridized carbons (Fsp3) is 0.250. The number of alkyl halides is 5. The number of rotatable bonds is 2. The maximum absolute atomic E-state index is 12.3. The van der Waals surface area contributed by atoms with Gasteiger partial charge in [-0.25, -0.2) is 13.8 Å². The van der Waals surface area contributed by atoms with Crippen molar-refractivity contribution in [2.45, 2.75) is 12.8 Å². The Balaban J connectivity index is 3.27. The Morgan fingerprint density at radius 3 is 2.41 bits per heavy atom. The van der Waals surface area contributed by atoms with Crippen LogP contribution in [-0.4, -0.2) is 11.3 Å². The molecule has 92 valence electrons. The summed E-state index contributed by atoms with van der Waals surface area (Å²) in [4.78, 5) is 3.01. The first-order valence-electron chi connectivity index (χ1n) is 3.88. The summed E-state index contributed by atoms with van der Waals surface area (Å²) in [6.45, 7) is 0. The second-order valence-corrected chi connectivity index (χ2v) is 3.03. The van der Waals surface area contributed by atoms with E-state index in [1.54, 1.807) is 0 Å². The Kier molecular flexibility index (Phi) is 3.72. The van der Waals surface area contributed by atoms with Gasteiger partial charge in [-0.05, 0) is 0 Å². The van der Waals surface area contributed by atoms with Crippen LogP contribution in [-0.2, 0) is 0 Å². The number of aromatic nitrogens is 1. The Morgan fingerprint density at radius 2 is 2.00 bits per heavy atom. The Bertz CT molecular complexity index is 468. The quantitative estimate of drug-likeness (QED) is 0.775. The smallest absolute Gasteiger partial charge is 0.402 e. The standard InChI is InChI=1S/C8H2ClF5N2O/c9-5-3(1-15)6(7(10)11)16-2-4(5)17-8(12,13)14/h2,7H. The van der Waals surface area contributed by atoms with Gasteiger partial charge in [0.2, 0.25) is 0 Å². The highest BCUT2D eigenvalue weighted by molar-refractivity contribution is 6.33. The van der Waals surface area contributed by atoms with Gasteiger partial charge in [0.05, 0.1) is 6.20 Å². The zero-order valence-corrected chi connectivity index (χ0v) is 8.48. The van der Waals surface area contributed by atoms with Crippen LogP contribution in [0, 0.1) is 11.3 Å². The van der Waals surface area contributed by atoms with Gasteiger partial charge in [-0.3, -0.25) is 0 Å². The van der Waals surface area contributed by atoms with E-state index in [1.165, 1.54) is 6.07 Å². The maximum atomic E-state index is 12.3. The number of ether oxygens (including phenoxy) is 1. The van der Waals surface area contributed by atoms with Crippen LogP contribution in [0.5, 0.6) is 5.75 Å². The van der Waals surface area contributed by atoms with Crippen molar-refractivity contribution in [1.82, 2.24) is 4.98 Å². The summed E-state index contributed by atoms with van der Waals surface area (Å²) in [5.74, 6) is -1.000. The molecule has 3 nitrogen and oxygen atoms in total. The molecule has 0 unspecified atom stereocenters. The van der Waals surface area contributed by atoms with Crippen LogP contribution in [0.15, 0.2) is 6.20 Å². The predicted molar refractivity (Wildman–Crippen MR) is 45.6 cm³/mol.